The van der Waals surface area contributed by atoms with Gasteiger partial charge in [0, 0.05) is 25.7 Å². The number of hydrogen-bond acceptors (Lipinski definition) is 7. The fourth-order valence-electron chi connectivity index (χ4n) is 2.75. The summed E-state index contributed by atoms with van der Waals surface area (Å²) in [5, 5.41) is 8.40. The molecule has 0 unspecified atom stereocenters. The number of methoxy groups -OCH3 is 1. The number of carboxylic acid groups (broad SMARTS) is 1. The van der Waals surface area contributed by atoms with Crippen LogP contribution in [-0.2, 0) is 34.3 Å². The van der Waals surface area contributed by atoms with Gasteiger partial charge in [-0.25, -0.2) is 0 Å². The maximum Gasteiger partial charge on any atom is 0.394 e. The molecule has 0 radical (unpaired) electrons. The lowest BCUT2D eigenvalue weighted by atomic mass is 9.95. The third kappa shape index (κ3) is 17.7. The molecule has 2 aliphatic carbocycles. The summed E-state index contributed by atoms with van der Waals surface area (Å²) in [5.74, 6) is -0.680. The fraction of sp³-hybridized carbons (Fsp3) is 0.579. The highest BCUT2D eigenvalue weighted by molar-refractivity contribution is 7.79. The van der Waals surface area contributed by atoms with Gasteiger partial charge >= 0.3 is 22.3 Å². The number of carboxylic acids is 1. The van der Waals surface area contributed by atoms with Crippen molar-refractivity contribution in [2.45, 2.75) is 64.2 Å². The van der Waals surface area contributed by atoms with E-state index in [1.165, 1.54) is 7.11 Å². The quantitative estimate of drug-likeness (QED) is 0.405. The average molecular weight is 448 g/mol. The zero-order valence-corrected chi connectivity index (χ0v) is 17.6. The monoisotopic (exact) mass is 448 g/mol. The fourth-order valence-corrected chi connectivity index (χ4v) is 2.75. The average Bonchev–Trinajstić information content (AvgIpc) is 2.64. The maximum absolute atomic E-state index is 11.0. The first-order chi connectivity index (χ1) is 13.9. The predicted molar refractivity (Wildman–Crippen MR) is 106 cm³/mol. The molecular formula is C19H28O10S. The summed E-state index contributed by atoms with van der Waals surface area (Å²) < 4.78 is 36.1. The second kappa shape index (κ2) is 14.6. The molecule has 0 bridgehead atoms. The van der Waals surface area contributed by atoms with E-state index in [-0.39, 0.29) is 24.0 Å². The van der Waals surface area contributed by atoms with Crippen LogP contribution in [-0.4, -0.2) is 53.2 Å². The minimum atomic E-state index is -4.67. The highest BCUT2D eigenvalue weighted by atomic mass is 32.3. The zero-order chi connectivity index (χ0) is 23.2. The van der Waals surface area contributed by atoms with Gasteiger partial charge in [0.25, 0.3) is 0 Å². The highest BCUT2D eigenvalue weighted by Gasteiger charge is 2.11. The highest BCUT2D eigenvalue weighted by Crippen LogP contribution is 2.20. The molecule has 0 fully saturated rings. The smallest absolute Gasteiger partial charge is 0.394 e. The van der Waals surface area contributed by atoms with Crippen molar-refractivity contribution in [3.63, 3.8) is 0 Å². The molecule has 170 valence electrons. The summed E-state index contributed by atoms with van der Waals surface area (Å²) in [6, 6.07) is 0. The molecule has 0 heterocycles. The van der Waals surface area contributed by atoms with Gasteiger partial charge in [0.05, 0.1) is 7.11 Å². The Bertz CT molecular complexity index is 769. The molecule has 2 aliphatic rings. The van der Waals surface area contributed by atoms with Gasteiger partial charge in [0.1, 0.15) is 0 Å². The Hall–Kier alpha value is -2.37. The molecular weight excluding hydrogens is 420 g/mol. The normalized spacial score (nSPS) is 16.1. The number of carbonyl (C=O) groups excluding carboxylic acids is 3. The van der Waals surface area contributed by atoms with Gasteiger partial charge in [-0.05, 0) is 50.7 Å². The zero-order valence-electron chi connectivity index (χ0n) is 16.8. The maximum atomic E-state index is 11.0. The van der Waals surface area contributed by atoms with Crippen LogP contribution in [0.1, 0.15) is 64.2 Å². The van der Waals surface area contributed by atoms with Crippen LogP contribution in [0.5, 0.6) is 0 Å². The van der Waals surface area contributed by atoms with E-state index in [2.05, 4.69) is 4.74 Å². The van der Waals surface area contributed by atoms with Crippen molar-refractivity contribution in [3.05, 3.63) is 23.3 Å². The van der Waals surface area contributed by atoms with E-state index >= 15 is 0 Å². The Kier molecular flexibility index (Phi) is 13.4. The van der Waals surface area contributed by atoms with Crippen LogP contribution in [0, 0.1) is 0 Å². The standard InChI is InChI=1S/C10H14O3.C9H12O3.H2O4S/c1-13-10(12)6-5-8-3-2-4-9(11)7-8;10-8-3-1-2-7(6-8)4-5-9(11)12;1-5(2,3)4/h7H,2-6H2,1H3;6H,1-5H2,(H,11,12);(H2,1,2,3,4). The van der Waals surface area contributed by atoms with Crippen LogP contribution in [0.25, 0.3) is 0 Å². The van der Waals surface area contributed by atoms with Crippen LogP contribution < -0.4 is 0 Å². The van der Waals surface area contributed by atoms with E-state index in [4.69, 9.17) is 22.6 Å². The molecule has 0 spiro atoms. The lowest BCUT2D eigenvalue weighted by Gasteiger charge is -2.10. The van der Waals surface area contributed by atoms with Gasteiger partial charge in [-0.2, -0.15) is 8.42 Å². The molecule has 11 heteroatoms. The van der Waals surface area contributed by atoms with Crippen molar-refractivity contribution in [2.24, 2.45) is 0 Å². The van der Waals surface area contributed by atoms with Crippen molar-refractivity contribution in [1.82, 2.24) is 0 Å². The van der Waals surface area contributed by atoms with Crippen molar-refractivity contribution < 1.29 is 46.5 Å². The molecule has 10 nitrogen and oxygen atoms in total. The molecule has 0 amide bonds. The Morgan fingerprint density at radius 1 is 0.900 bits per heavy atom. The summed E-state index contributed by atoms with van der Waals surface area (Å²) in [6.07, 6.45) is 9.91. The van der Waals surface area contributed by atoms with E-state index in [1.54, 1.807) is 12.2 Å². The summed E-state index contributed by atoms with van der Waals surface area (Å²) >= 11 is 0. The molecule has 0 atom stereocenters. The number of esters is 1. The lowest BCUT2D eigenvalue weighted by Crippen LogP contribution is -2.05. The summed E-state index contributed by atoms with van der Waals surface area (Å²) in [6.45, 7) is 0. The number of ether oxygens (including phenoxy) is 1. The number of allylic oxidation sites excluding steroid dienone is 4. The van der Waals surface area contributed by atoms with Crippen LogP contribution in [0.2, 0.25) is 0 Å². The Morgan fingerprint density at radius 2 is 1.30 bits per heavy atom. The molecule has 2 rings (SSSR count). The summed E-state index contributed by atoms with van der Waals surface area (Å²) in [5.41, 5.74) is 2.08. The van der Waals surface area contributed by atoms with Crippen molar-refractivity contribution in [1.29, 1.82) is 0 Å². The van der Waals surface area contributed by atoms with E-state index in [9.17, 15) is 19.2 Å². The number of carbonyl (C=O) groups is 4. The van der Waals surface area contributed by atoms with Gasteiger partial charge < -0.3 is 9.84 Å². The van der Waals surface area contributed by atoms with Gasteiger partial charge in [-0.3, -0.25) is 28.3 Å². The van der Waals surface area contributed by atoms with Crippen LogP contribution in [0.4, 0.5) is 0 Å². The number of rotatable bonds is 6. The molecule has 0 saturated carbocycles. The molecule has 30 heavy (non-hydrogen) atoms. The van der Waals surface area contributed by atoms with Gasteiger partial charge in [0.15, 0.2) is 11.6 Å². The Morgan fingerprint density at radius 3 is 1.63 bits per heavy atom. The van der Waals surface area contributed by atoms with Crippen molar-refractivity contribution in [2.75, 3.05) is 7.11 Å². The van der Waals surface area contributed by atoms with E-state index in [1.807, 2.05) is 0 Å². The third-order valence-corrected chi connectivity index (χ3v) is 4.11. The van der Waals surface area contributed by atoms with E-state index in [0.29, 0.717) is 32.1 Å². The van der Waals surface area contributed by atoms with E-state index < -0.39 is 16.4 Å². The molecule has 0 aromatic heterocycles. The first-order valence-electron chi connectivity index (χ1n) is 9.33. The molecule has 0 aromatic rings. The van der Waals surface area contributed by atoms with E-state index in [0.717, 1.165) is 36.8 Å². The second-order valence-corrected chi connectivity index (χ2v) is 7.56. The molecule has 0 saturated heterocycles. The van der Waals surface area contributed by atoms with Crippen LogP contribution in [0.15, 0.2) is 23.3 Å². The van der Waals surface area contributed by atoms with Gasteiger partial charge in [-0.1, -0.05) is 11.1 Å². The molecule has 0 aliphatic heterocycles. The Balaban J connectivity index is 0.000000461. The predicted octanol–water partition coefficient (Wildman–Crippen LogP) is 2.50. The van der Waals surface area contributed by atoms with Crippen molar-refractivity contribution >= 4 is 33.9 Å². The SMILES string of the molecule is COC(=O)CCC1=CC(=O)CCC1.O=C(O)CCC1=CC(=O)CCC1.O=S(=O)(O)O. The topological polar surface area (TPSA) is 172 Å². The van der Waals surface area contributed by atoms with Crippen LogP contribution in [0.3, 0.4) is 0 Å². The number of ketones is 2. The minimum absolute atomic E-state index is 0.138. The lowest BCUT2D eigenvalue weighted by molar-refractivity contribution is -0.140. The molecule has 3 N–H and O–H groups in total. The van der Waals surface area contributed by atoms with Crippen LogP contribution >= 0.6 is 0 Å². The first kappa shape index (κ1) is 27.6. The number of hydrogen-bond donors (Lipinski definition) is 3. The third-order valence-electron chi connectivity index (χ3n) is 4.11. The van der Waals surface area contributed by atoms with Gasteiger partial charge in [-0.15, -0.1) is 0 Å². The summed E-state index contributed by atoms with van der Waals surface area (Å²) in [4.78, 5) is 42.9. The largest absolute Gasteiger partial charge is 0.481 e. The number of aliphatic carboxylic acids is 1. The minimum Gasteiger partial charge on any atom is -0.481 e. The second-order valence-electron chi connectivity index (χ2n) is 6.66. The van der Waals surface area contributed by atoms with Gasteiger partial charge in [0.2, 0.25) is 0 Å². The Labute approximate surface area is 175 Å². The summed E-state index contributed by atoms with van der Waals surface area (Å²) in [7, 11) is -3.29. The van der Waals surface area contributed by atoms with Crippen molar-refractivity contribution in [3.8, 4) is 0 Å². The molecule has 0 aromatic carbocycles. The first-order valence-corrected chi connectivity index (χ1v) is 10.7.